The number of nitrogens with one attached hydrogen (secondary N) is 2. The van der Waals surface area contributed by atoms with Crippen molar-refractivity contribution in [2.45, 2.75) is 25.5 Å². The van der Waals surface area contributed by atoms with Gasteiger partial charge in [-0.2, -0.15) is 5.10 Å². The fraction of sp³-hybridized carbons (Fsp3) is 0.308. The third-order valence-corrected chi connectivity index (χ3v) is 3.14. The van der Waals surface area contributed by atoms with Crippen LogP contribution in [-0.2, 0) is 11.2 Å². The number of carbonyl (C=O) groups excluding carboxylic acids is 1. The Morgan fingerprint density at radius 3 is 3.11 bits per heavy atom. The lowest BCUT2D eigenvalue weighted by atomic mass is 10.1. The van der Waals surface area contributed by atoms with E-state index in [1.54, 1.807) is 0 Å². The third kappa shape index (κ3) is 2.29. The molecule has 0 aliphatic carbocycles. The number of H-pyrrole nitrogens is 1. The lowest BCUT2D eigenvalue weighted by molar-refractivity contribution is -0.127. The molecule has 1 aromatic carbocycles. The second-order valence-corrected chi connectivity index (χ2v) is 4.52. The Kier molecular flexibility index (Phi) is 2.91. The van der Waals surface area contributed by atoms with Crippen LogP contribution in [0.5, 0.6) is 5.75 Å². The van der Waals surface area contributed by atoms with Gasteiger partial charge in [-0.3, -0.25) is 9.89 Å². The van der Waals surface area contributed by atoms with Gasteiger partial charge in [0.15, 0.2) is 6.10 Å². The van der Waals surface area contributed by atoms with Crippen LogP contribution in [0.1, 0.15) is 24.4 Å². The van der Waals surface area contributed by atoms with E-state index in [1.807, 2.05) is 31.2 Å². The van der Waals surface area contributed by atoms with Crippen molar-refractivity contribution in [3.8, 4) is 5.75 Å². The summed E-state index contributed by atoms with van der Waals surface area (Å²) in [6, 6.07) is 7.48. The average molecular weight is 258 g/mol. The summed E-state index contributed by atoms with van der Waals surface area (Å²) in [5.74, 6) is 1.28. The molecule has 6 nitrogen and oxygen atoms in total. The van der Waals surface area contributed by atoms with Crippen LogP contribution in [0.3, 0.4) is 0 Å². The van der Waals surface area contributed by atoms with E-state index >= 15 is 0 Å². The van der Waals surface area contributed by atoms with Crippen LogP contribution in [0, 0.1) is 0 Å². The number of ether oxygens (including phenoxy) is 1. The van der Waals surface area contributed by atoms with Crippen LogP contribution in [0.4, 0.5) is 0 Å². The molecule has 3 rings (SSSR count). The van der Waals surface area contributed by atoms with E-state index in [-0.39, 0.29) is 11.9 Å². The zero-order valence-corrected chi connectivity index (χ0v) is 10.5. The molecule has 1 aromatic heterocycles. The molecule has 1 amide bonds. The molecule has 6 heteroatoms. The maximum Gasteiger partial charge on any atom is 0.262 e. The van der Waals surface area contributed by atoms with Crippen LogP contribution < -0.4 is 10.1 Å². The maximum absolute atomic E-state index is 12.1. The third-order valence-electron chi connectivity index (χ3n) is 3.14. The van der Waals surface area contributed by atoms with E-state index in [0.717, 1.165) is 11.3 Å². The van der Waals surface area contributed by atoms with E-state index in [2.05, 4.69) is 20.5 Å². The highest BCUT2D eigenvalue weighted by Crippen LogP contribution is 2.28. The number of hydrogen-bond acceptors (Lipinski definition) is 4. The molecule has 2 atom stereocenters. The van der Waals surface area contributed by atoms with E-state index in [1.165, 1.54) is 6.33 Å². The summed E-state index contributed by atoms with van der Waals surface area (Å²) in [6.45, 7) is 1.85. The molecule has 0 bridgehead atoms. The van der Waals surface area contributed by atoms with E-state index in [0.29, 0.717) is 12.2 Å². The average Bonchev–Trinajstić information content (AvgIpc) is 3.07. The van der Waals surface area contributed by atoms with Crippen molar-refractivity contribution in [1.82, 2.24) is 20.5 Å². The van der Waals surface area contributed by atoms with Gasteiger partial charge in [-0.1, -0.05) is 18.2 Å². The Labute approximate surface area is 110 Å². The smallest absolute Gasteiger partial charge is 0.262 e. The molecule has 1 aliphatic heterocycles. The molecule has 1 aliphatic rings. The van der Waals surface area contributed by atoms with Crippen molar-refractivity contribution < 1.29 is 9.53 Å². The highest BCUT2D eigenvalue weighted by atomic mass is 16.5. The number of amides is 1. The second-order valence-electron chi connectivity index (χ2n) is 4.52. The van der Waals surface area contributed by atoms with Gasteiger partial charge >= 0.3 is 0 Å². The molecule has 0 fully saturated rings. The highest BCUT2D eigenvalue weighted by molar-refractivity contribution is 5.82. The predicted octanol–water partition coefficient (Wildman–Crippen LogP) is 0.986. The van der Waals surface area contributed by atoms with Crippen molar-refractivity contribution >= 4 is 5.91 Å². The Bertz CT molecular complexity index is 557. The number of aromatic amines is 1. The number of fused-ring (bicyclic) bond motifs is 1. The first kappa shape index (κ1) is 11.7. The predicted molar refractivity (Wildman–Crippen MR) is 67.5 cm³/mol. The van der Waals surface area contributed by atoms with Crippen LogP contribution in [0.25, 0.3) is 0 Å². The largest absolute Gasteiger partial charge is 0.480 e. The number of rotatable bonds is 3. The zero-order chi connectivity index (χ0) is 13.2. The van der Waals surface area contributed by atoms with Crippen molar-refractivity contribution in [1.29, 1.82) is 0 Å². The van der Waals surface area contributed by atoms with E-state index < -0.39 is 6.10 Å². The molecule has 0 spiro atoms. The second kappa shape index (κ2) is 4.72. The fourth-order valence-corrected chi connectivity index (χ4v) is 2.13. The molecule has 2 aromatic rings. The van der Waals surface area contributed by atoms with Gasteiger partial charge in [0, 0.05) is 6.42 Å². The number of aromatic nitrogens is 3. The highest BCUT2D eigenvalue weighted by Gasteiger charge is 2.29. The van der Waals surface area contributed by atoms with Gasteiger partial charge in [-0.05, 0) is 18.6 Å². The topological polar surface area (TPSA) is 79.9 Å². The summed E-state index contributed by atoms with van der Waals surface area (Å²) in [5, 5.41) is 9.36. The normalized spacial score (nSPS) is 18.5. The summed E-state index contributed by atoms with van der Waals surface area (Å²) in [6.07, 6.45) is 1.55. The van der Waals surface area contributed by atoms with E-state index in [4.69, 9.17) is 4.74 Å². The lowest BCUT2D eigenvalue weighted by Gasteiger charge is -2.15. The number of para-hydroxylation sites is 1. The minimum atomic E-state index is -0.470. The minimum absolute atomic E-state index is 0.139. The molecule has 2 heterocycles. The zero-order valence-electron chi connectivity index (χ0n) is 10.5. The molecule has 2 unspecified atom stereocenters. The molecule has 19 heavy (non-hydrogen) atoms. The summed E-state index contributed by atoms with van der Waals surface area (Å²) in [4.78, 5) is 16.1. The van der Waals surface area contributed by atoms with Crippen molar-refractivity contribution in [3.63, 3.8) is 0 Å². The maximum atomic E-state index is 12.1. The fourth-order valence-electron chi connectivity index (χ4n) is 2.13. The first-order chi connectivity index (χ1) is 9.24. The summed E-state index contributed by atoms with van der Waals surface area (Å²) in [7, 11) is 0. The molecular weight excluding hydrogens is 244 g/mol. The monoisotopic (exact) mass is 258 g/mol. The first-order valence-electron chi connectivity index (χ1n) is 6.14. The summed E-state index contributed by atoms with van der Waals surface area (Å²) < 4.78 is 5.63. The number of nitrogens with zero attached hydrogens (tertiary/aromatic N) is 2. The lowest BCUT2D eigenvalue weighted by Crippen LogP contribution is -2.39. The Hall–Kier alpha value is -2.37. The van der Waals surface area contributed by atoms with Crippen LogP contribution in [0.2, 0.25) is 0 Å². The molecule has 2 N–H and O–H groups in total. The SMILES string of the molecule is CC(NC(=O)C1Cc2ccccc2O1)c1ncn[nH]1. The van der Waals surface area contributed by atoms with Crippen molar-refractivity contribution in [2.75, 3.05) is 0 Å². The van der Waals surface area contributed by atoms with Gasteiger partial charge < -0.3 is 10.1 Å². The molecule has 0 saturated carbocycles. The number of benzene rings is 1. The standard InChI is InChI=1S/C13H14N4O2/c1-8(12-14-7-15-17-12)16-13(18)11-6-9-4-2-3-5-10(9)19-11/h2-5,7-8,11H,6H2,1H3,(H,16,18)(H,14,15,17). The van der Waals surface area contributed by atoms with Gasteiger partial charge in [0.25, 0.3) is 5.91 Å². The Morgan fingerprint density at radius 2 is 2.37 bits per heavy atom. The Balaban J connectivity index is 1.64. The van der Waals surface area contributed by atoms with Gasteiger partial charge in [0.1, 0.15) is 17.9 Å². The molecule has 98 valence electrons. The molecule has 0 saturated heterocycles. The van der Waals surface area contributed by atoms with Crippen LogP contribution in [-0.4, -0.2) is 27.2 Å². The van der Waals surface area contributed by atoms with Gasteiger partial charge in [-0.15, -0.1) is 0 Å². The number of carbonyl (C=O) groups is 1. The van der Waals surface area contributed by atoms with E-state index in [9.17, 15) is 4.79 Å². The van der Waals surface area contributed by atoms with Crippen molar-refractivity contribution in [3.05, 3.63) is 42.0 Å². The first-order valence-corrected chi connectivity index (χ1v) is 6.14. The Morgan fingerprint density at radius 1 is 1.53 bits per heavy atom. The minimum Gasteiger partial charge on any atom is -0.480 e. The quantitative estimate of drug-likeness (QED) is 0.860. The van der Waals surface area contributed by atoms with Gasteiger partial charge in [-0.25, -0.2) is 4.98 Å². The van der Waals surface area contributed by atoms with Gasteiger partial charge in [0.05, 0.1) is 6.04 Å². The summed E-state index contributed by atoms with van der Waals surface area (Å²) in [5.41, 5.74) is 1.06. The van der Waals surface area contributed by atoms with Crippen LogP contribution >= 0.6 is 0 Å². The molecule has 0 radical (unpaired) electrons. The van der Waals surface area contributed by atoms with Gasteiger partial charge in [0.2, 0.25) is 0 Å². The van der Waals surface area contributed by atoms with Crippen molar-refractivity contribution in [2.24, 2.45) is 0 Å². The number of hydrogen-bond donors (Lipinski definition) is 2. The van der Waals surface area contributed by atoms with Crippen LogP contribution in [0.15, 0.2) is 30.6 Å². The molecular formula is C13H14N4O2. The summed E-state index contributed by atoms with van der Waals surface area (Å²) >= 11 is 0.